The third-order valence-corrected chi connectivity index (χ3v) is 11.9. The molecule has 10 aromatic carbocycles. The molecule has 2 heteroatoms. The van der Waals surface area contributed by atoms with Gasteiger partial charge in [0.25, 0.3) is 0 Å². The van der Waals surface area contributed by atoms with Crippen LogP contribution in [0.3, 0.4) is 0 Å². The molecule has 0 aliphatic carbocycles. The molecule has 0 bridgehead atoms. The minimum absolute atomic E-state index is 1.15. The van der Waals surface area contributed by atoms with Crippen molar-refractivity contribution in [1.82, 2.24) is 9.13 Å². The normalized spacial score (nSPS) is 11.9. The smallest absolute Gasteiger partial charge is 0.0547 e. The Morgan fingerprint density at radius 3 is 1.54 bits per heavy atom. The molecule has 260 valence electrons. The van der Waals surface area contributed by atoms with Gasteiger partial charge in [-0.15, -0.1) is 0 Å². The van der Waals surface area contributed by atoms with Gasteiger partial charge in [-0.1, -0.05) is 146 Å². The zero-order chi connectivity index (χ0) is 36.7. The Kier molecular flexibility index (Phi) is 6.66. The molecular formula is C54H34N2. The molecule has 0 fully saturated rings. The van der Waals surface area contributed by atoms with Gasteiger partial charge in [-0.3, -0.25) is 0 Å². The molecule has 0 saturated carbocycles. The Morgan fingerprint density at radius 2 is 0.750 bits per heavy atom. The highest BCUT2D eigenvalue weighted by molar-refractivity contribution is 6.15. The highest BCUT2D eigenvalue weighted by Gasteiger charge is 2.17. The monoisotopic (exact) mass is 710 g/mol. The van der Waals surface area contributed by atoms with Gasteiger partial charge in [0.15, 0.2) is 0 Å². The van der Waals surface area contributed by atoms with Crippen molar-refractivity contribution in [2.45, 2.75) is 0 Å². The summed E-state index contributed by atoms with van der Waals surface area (Å²) >= 11 is 0. The van der Waals surface area contributed by atoms with Crippen LogP contribution in [0.5, 0.6) is 0 Å². The van der Waals surface area contributed by atoms with E-state index in [1.54, 1.807) is 0 Å². The van der Waals surface area contributed by atoms with Gasteiger partial charge < -0.3 is 9.13 Å². The molecule has 56 heavy (non-hydrogen) atoms. The van der Waals surface area contributed by atoms with Gasteiger partial charge in [-0.2, -0.15) is 0 Å². The third kappa shape index (κ3) is 4.63. The number of fused-ring (bicyclic) bond motifs is 10. The van der Waals surface area contributed by atoms with Crippen LogP contribution in [0.2, 0.25) is 0 Å². The standard InChI is InChI=1S/C54H34N2/c1-2-12-37-31-42(28-21-35(37)11-1)56-51-19-9-7-17-46(51)48-29-24-39(34-54(48)56)38-25-30-53-50(32-38)47-18-8-10-20-52(47)55(53)41-26-22-36(23-27-41)49-33-40-13-3-4-14-43(40)44-15-5-6-16-45(44)49/h1-34H. The van der Waals surface area contributed by atoms with E-state index in [1.807, 2.05) is 0 Å². The molecular weight excluding hydrogens is 677 g/mol. The zero-order valence-electron chi connectivity index (χ0n) is 30.5. The van der Waals surface area contributed by atoms with Crippen LogP contribution in [0.1, 0.15) is 0 Å². The second-order valence-corrected chi connectivity index (χ2v) is 14.9. The lowest BCUT2D eigenvalue weighted by atomic mass is 9.93. The van der Waals surface area contributed by atoms with Crippen molar-refractivity contribution in [1.29, 1.82) is 0 Å². The molecule has 0 atom stereocenters. The van der Waals surface area contributed by atoms with E-state index in [0.717, 1.165) is 5.69 Å². The van der Waals surface area contributed by atoms with E-state index in [0.29, 0.717) is 0 Å². The average molecular weight is 711 g/mol. The van der Waals surface area contributed by atoms with Gasteiger partial charge in [0.1, 0.15) is 0 Å². The molecule has 0 aliphatic rings. The van der Waals surface area contributed by atoms with Crippen molar-refractivity contribution in [3.63, 3.8) is 0 Å². The lowest BCUT2D eigenvalue weighted by molar-refractivity contribution is 1.18. The van der Waals surface area contributed by atoms with Crippen LogP contribution < -0.4 is 0 Å². The van der Waals surface area contributed by atoms with Gasteiger partial charge in [-0.25, -0.2) is 0 Å². The summed E-state index contributed by atoms with van der Waals surface area (Å²) in [5.41, 5.74) is 12.0. The van der Waals surface area contributed by atoms with Crippen LogP contribution in [-0.4, -0.2) is 9.13 Å². The van der Waals surface area contributed by atoms with Crippen LogP contribution >= 0.6 is 0 Å². The predicted molar refractivity (Wildman–Crippen MR) is 239 cm³/mol. The number of benzene rings is 10. The maximum Gasteiger partial charge on any atom is 0.0547 e. The second kappa shape index (κ2) is 12.0. The van der Waals surface area contributed by atoms with E-state index in [9.17, 15) is 0 Å². The first-order valence-corrected chi connectivity index (χ1v) is 19.3. The van der Waals surface area contributed by atoms with Gasteiger partial charge in [0.2, 0.25) is 0 Å². The van der Waals surface area contributed by atoms with E-state index in [4.69, 9.17) is 0 Å². The summed E-state index contributed by atoms with van der Waals surface area (Å²) in [4.78, 5) is 0. The highest BCUT2D eigenvalue weighted by atomic mass is 15.0. The van der Waals surface area contributed by atoms with Crippen LogP contribution in [0.15, 0.2) is 206 Å². The molecule has 2 heterocycles. The van der Waals surface area contributed by atoms with Crippen molar-refractivity contribution in [2.24, 2.45) is 0 Å². The summed E-state index contributed by atoms with van der Waals surface area (Å²) in [6.07, 6.45) is 0. The fraction of sp³-hybridized carbons (Fsp3) is 0. The molecule has 0 spiro atoms. The third-order valence-electron chi connectivity index (χ3n) is 11.9. The molecule has 12 aromatic rings. The first-order chi connectivity index (χ1) is 27.8. The van der Waals surface area contributed by atoms with E-state index < -0.39 is 0 Å². The van der Waals surface area contributed by atoms with E-state index in [1.165, 1.54) is 104 Å². The van der Waals surface area contributed by atoms with Crippen molar-refractivity contribution >= 4 is 75.9 Å². The van der Waals surface area contributed by atoms with Gasteiger partial charge in [0.05, 0.1) is 22.1 Å². The van der Waals surface area contributed by atoms with Crippen LogP contribution in [-0.2, 0) is 0 Å². The molecule has 12 rings (SSSR count). The Morgan fingerprint density at radius 1 is 0.232 bits per heavy atom. The fourth-order valence-corrected chi connectivity index (χ4v) is 9.26. The Balaban J connectivity index is 0.994. The lowest BCUT2D eigenvalue weighted by Crippen LogP contribution is -1.94. The topological polar surface area (TPSA) is 9.86 Å². The average Bonchev–Trinajstić information content (AvgIpc) is 3.78. The van der Waals surface area contributed by atoms with Crippen molar-refractivity contribution in [3.05, 3.63) is 206 Å². The number of aromatic nitrogens is 2. The minimum Gasteiger partial charge on any atom is -0.309 e. The quantitative estimate of drug-likeness (QED) is 0.161. The summed E-state index contributed by atoms with van der Waals surface area (Å²) in [5.74, 6) is 0. The van der Waals surface area contributed by atoms with Crippen molar-refractivity contribution in [3.8, 4) is 33.6 Å². The molecule has 2 aromatic heterocycles. The zero-order valence-corrected chi connectivity index (χ0v) is 30.5. The fourth-order valence-electron chi connectivity index (χ4n) is 9.26. The predicted octanol–water partition coefficient (Wildman–Crippen LogP) is 14.7. The molecule has 0 radical (unpaired) electrons. The summed E-state index contributed by atoms with van der Waals surface area (Å²) in [7, 11) is 0. The lowest BCUT2D eigenvalue weighted by Gasteiger charge is -2.13. The molecule has 0 amide bonds. The molecule has 0 N–H and O–H groups in total. The van der Waals surface area contributed by atoms with Crippen molar-refractivity contribution < 1.29 is 0 Å². The Bertz CT molecular complexity index is 3530. The van der Waals surface area contributed by atoms with Crippen molar-refractivity contribution in [2.75, 3.05) is 0 Å². The second-order valence-electron chi connectivity index (χ2n) is 14.9. The summed E-state index contributed by atoms with van der Waals surface area (Å²) < 4.78 is 4.84. The van der Waals surface area contributed by atoms with Gasteiger partial charge in [0, 0.05) is 32.9 Å². The minimum atomic E-state index is 1.15. The SMILES string of the molecule is c1ccc2cc(-n3c4ccccc4c4ccc(-c5ccc6c(c5)c5ccccc5n6-c5ccc(-c6cc7ccccc7c7ccccc67)cc5)cc43)ccc2c1. The van der Waals surface area contributed by atoms with Gasteiger partial charge >= 0.3 is 0 Å². The van der Waals surface area contributed by atoms with Crippen LogP contribution in [0.4, 0.5) is 0 Å². The number of rotatable bonds is 4. The van der Waals surface area contributed by atoms with Crippen LogP contribution in [0, 0.1) is 0 Å². The van der Waals surface area contributed by atoms with Gasteiger partial charge in [-0.05, 0) is 115 Å². The molecule has 0 unspecified atom stereocenters. The maximum atomic E-state index is 2.43. The maximum absolute atomic E-state index is 2.43. The first-order valence-electron chi connectivity index (χ1n) is 19.3. The number of para-hydroxylation sites is 2. The first kappa shape index (κ1) is 31.0. The number of nitrogens with zero attached hydrogens (tertiary/aromatic N) is 2. The summed E-state index contributed by atoms with van der Waals surface area (Å²) in [5, 5.41) is 12.6. The highest BCUT2D eigenvalue weighted by Crippen LogP contribution is 2.40. The Labute approximate surface area is 323 Å². The molecule has 2 nitrogen and oxygen atoms in total. The van der Waals surface area contributed by atoms with E-state index >= 15 is 0 Å². The Hall–Kier alpha value is -7.42. The van der Waals surface area contributed by atoms with E-state index in [2.05, 4.69) is 215 Å². The molecule has 0 aliphatic heterocycles. The summed E-state index contributed by atoms with van der Waals surface area (Å²) in [6, 6.07) is 75.8. The number of hydrogen-bond donors (Lipinski definition) is 0. The number of hydrogen-bond acceptors (Lipinski definition) is 0. The van der Waals surface area contributed by atoms with Crippen LogP contribution in [0.25, 0.3) is 110 Å². The largest absolute Gasteiger partial charge is 0.309 e. The molecule has 0 saturated heterocycles. The summed E-state index contributed by atoms with van der Waals surface area (Å²) in [6.45, 7) is 0. The van der Waals surface area contributed by atoms with E-state index in [-0.39, 0.29) is 0 Å².